The number of esters is 2. The van der Waals surface area contributed by atoms with Gasteiger partial charge in [-0.05, 0) is 92.6 Å². The second kappa shape index (κ2) is 14.8. The number of fused-ring (bicyclic) bond motifs is 4. The normalized spacial score (nSPS) is 35.0. The molecule has 1 saturated carbocycles. The van der Waals surface area contributed by atoms with Crippen molar-refractivity contribution in [1.82, 2.24) is 10.2 Å². The number of ether oxygens (including phenoxy) is 3. The minimum Gasteiger partial charge on any atom is -0.496 e. The molecule has 1 unspecified atom stereocenters. The van der Waals surface area contributed by atoms with E-state index < -0.39 is 47.6 Å². The lowest BCUT2D eigenvalue weighted by Gasteiger charge is -2.56. The van der Waals surface area contributed by atoms with E-state index >= 15 is 0 Å². The van der Waals surface area contributed by atoms with Gasteiger partial charge in [-0.15, -0.1) is 0 Å². The van der Waals surface area contributed by atoms with Crippen molar-refractivity contribution in [2.75, 3.05) is 38.9 Å². The summed E-state index contributed by atoms with van der Waals surface area (Å²) >= 11 is 6.48. The van der Waals surface area contributed by atoms with Crippen LogP contribution in [0.5, 0.6) is 5.75 Å². The second-order valence-electron chi connectivity index (χ2n) is 16.1. The number of hydrogen-bond donors (Lipinski definition) is 3. The van der Waals surface area contributed by atoms with E-state index in [1.54, 1.807) is 32.4 Å². The molecule has 3 fully saturated rings. The molecule has 0 aromatic heterocycles. The van der Waals surface area contributed by atoms with Gasteiger partial charge in [-0.25, -0.2) is 0 Å². The van der Waals surface area contributed by atoms with Gasteiger partial charge < -0.3 is 29.3 Å². The van der Waals surface area contributed by atoms with Gasteiger partial charge in [0.25, 0.3) is 0 Å². The van der Waals surface area contributed by atoms with Crippen LogP contribution >= 0.6 is 11.6 Å². The van der Waals surface area contributed by atoms with E-state index in [4.69, 9.17) is 30.6 Å². The van der Waals surface area contributed by atoms with Gasteiger partial charge in [0, 0.05) is 38.4 Å². The summed E-state index contributed by atoms with van der Waals surface area (Å²) in [4.78, 5) is 35.2. The molecule has 53 heavy (non-hydrogen) atoms. The highest BCUT2D eigenvalue weighted by molar-refractivity contribution is 6.33. The van der Waals surface area contributed by atoms with E-state index in [1.807, 2.05) is 26.0 Å². The van der Waals surface area contributed by atoms with Crippen LogP contribution in [0.25, 0.3) is 0 Å². The van der Waals surface area contributed by atoms with Crippen molar-refractivity contribution >= 4 is 29.2 Å². The van der Waals surface area contributed by atoms with Crippen LogP contribution in [-0.4, -0.2) is 90.9 Å². The number of hydrogen-bond acceptors (Lipinski definition) is 11. The molecule has 0 spiro atoms. The van der Waals surface area contributed by atoms with Crippen LogP contribution in [0, 0.1) is 23.7 Å². The van der Waals surface area contributed by atoms with Crippen molar-refractivity contribution in [3.8, 4) is 5.75 Å². The molecule has 5 aliphatic rings. The van der Waals surface area contributed by atoms with Gasteiger partial charge >= 0.3 is 11.9 Å². The number of rotatable bonds is 8. The number of benzene rings is 2. The van der Waals surface area contributed by atoms with Gasteiger partial charge in [0.05, 0.1) is 17.8 Å². The summed E-state index contributed by atoms with van der Waals surface area (Å²) < 4.78 is 17.8. The number of anilines is 1. The monoisotopic (exact) mass is 751 g/mol. The van der Waals surface area contributed by atoms with Gasteiger partial charge in [0.1, 0.15) is 23.0 Å². The van der Waals surface area contributed by atoms with Crippen molar-refractivity contribution < 1.29 is 38.9 Å². The van der Waals surface area contributed by atoms with Gasteiger partial charge in [0.2, 0.25) is 0 Å². The van der Waals surface area contributed by atoms with Crippen LogP contribution in [0.1, 0.15) is 76.8 Å². The molecule has 288 valence electrons. The molecule has 2 aromatic carbocycles. The first-order chi connectivity index (χ1) is 25.3. The molecule has 11 nitrogen and oxygen atoms in total. The zero-order chi connectivity index (χ0) is 37.8. The predicted octanol–water partition coefficient (Wildman–Crippen LogP) is 5.32. The first-order valence-corrected chi connectivity index (χ1v) is 19.5. The minimum atomic E-state index is -1.56. The third kappa shape index (κ3) is 6.76. The number of para-hydroxylation sites is 2. The van der Waals surface area contributed by atoms with Crippen LogP contribution in [0.15, 0.2) is 54.1 Å². The number of hydroxylamine groups is 1. The number of nitrogens with zero attached hydrogens (tertiary/aromatic N) is 2. The van der Waals surface area contributed by atoms with E-state index in [0.29, 0.717) is 22.2 Å². The summed E-state index contributed by atoms with van der Waals surface area (Å²) in [7, 11) is 3.43. The first kappa shape index (κ1) is 38.1. The van der Waals surface area contributed by atoms with E-state index in [2.05, 4.69) is 35.3 Å². The summed E-state index contributed by atoms with van der Waals surface area (Å²) in [5, 5.41) is 29.9. The maximum Gasteiger partial charge on any atom is 0.323 e. The first-order valence-electron chi connectivity index (χ1n) is 19.1. The number of carbonyl (C=O) groups excluding carboxylic acids is 2. The minimum absolute atomic E-state index is 0.0394. The Hall–Kier alpha value is -3.19. The molecular weight excluding hydrogens is 698 g/mol. The Bertz CT molecular complexity index is 1730. The number of nitrogens with one attached hydrogen (secondary N) is 1. The lowest BCUT2D eigenvalue weighted by atomic mass is 9.55. The molecule has 7 rings (SSSR count). The highest BCUT2D eigenvalue weighted by atomic mass is 35.5. The molecular formula is C41H54ClN3O8. The number of halogens is 1. The lowest BCUT2D eigenvalue weighted by Crippen LogP contribution is -2.66. The van der Waals surface area contributed by atoms with Crippen molar-refractivity contribution in [1.29, 1.82) is 0 Å². The van der Waals surface area contributed by atoms with E-state index in [1.165, 1.54) is 17.6 Å². The summed E-state index contributed by atoms with van der Waals surface area (Å²) in [6.45, 7) is 10.3. The summed E-state index contributed by atoms with van der Waals surface area (Å²) in [5.41, 5.74) is 0.0319. The average molecular weight is 752 g/mol. The number of likely N-dealkylation sites (tertiary alicyclic amines) is 1. The lowest BCUT2D eigenvalue weighted by molar-refractivity contribution is -0.225. The van der Waals surface area contributed by atoms with E-state index in [0.717, 1.165) is 56.6 Å². The molecule has 3 N–H and O–H groups in total. The molecule has 3 heterocycles. The average Bonchev–Trinajstić information content (AvgIpc) is 3.48. The summed E-state index contributed by atoms with van der Waals surface area (Å²) in [6.07, 6.45) is 2.72. The number of aliphatic hydroxyl groups is 2. The van der Waals surface area contributed by atoms with Crippen molar-refractivity contribution in [2.24, 2.45) is 23.7 Å². The Kier molecular flexibility index (Phi) is 10.6. The Labute approximate surface area is 317 Å². The highest BCUT2D eigenvalue weighted by Crippen LogP contribution is 2.53. The van der Waals surface area contributed by atoms with Crippen molar-refractivity contribution in [3.63, 3.8) is 0 Å². The number of piperidine rings is 1. The van der Waals surface area contributed by atoms with Gasteiger partial charge in [0.15, 0.2) is 18.4 Å². The van der Waals surface area contributed by atoms with Crippen LogP contribution < -0.4 is 15.1 Å². The number of methoxy groups -OCH3 is 1. The van der Waals surface area contributed by atoms with Crippen LogP contribution in [0.4, 0.5) is 5.69 Å². The molecule has 12 heteroatoms. The van der Waals surface area contributed by atoms with E-state index in [-0.39, 0.29) is 30.1 Å². The Morgan fingerprint density at radius 2 is 1.81 bits per heavy atom. The maximum absolute atomic E-state index is 14.2. The molecule has 0 bridgehead atoms. The van der Waals surface area contributed by atoms with Gasteiger partial charge in [-0.1, -0.05) is 61.9 Å². The van der Waals surface area contributed by atoms with E-state index in [9.17, 15) is 19.8 Å². The standard InChI is InChI=1S/C41H54ClN3O8/c1-23-20-31-28(24(2)22-45-18-16-27(17-19-45)29-10-7-8-13-34(29)50-6)15-14-25(3)41(31,49)37(36(23)51-26(4)46)52-38(47)33-21-40(48)30-11-9-12-32(42)35(30)44(5)53-39(40)43-33/h7-13,20,24-25,27-28,31,33,36-37,39,43,48-49H,14-19,21-22H2,1-6H3/t24?,25-,28+,31-,33+,36-,37+,39-,40-,41-/m1/s1. The molecule has 2 saturated heterocycles. The van der Waals surface area contributed by atoms with Crippen molar-refractivity contribution in [2.45, 2.75) is 101 Å². The molecule has 3 aliphatic heterocycles. The van der Waals surface area contributed by atoms with Crippen LogP contribution in [-0.2, 0) is 29.5 Å². The third-order valence-corrected chi connectivity index (χ3v) is 13.2. The van der Waals surface area contributed by atoms with Crippen molar-refractivity contribution in [3.05, 3.63) is 70.3 Å². The Morgan fingerprint density at radius 1 is 1.08 bits per heavy atom. The predicted molar refractivity (Wildman–Crippen MR) is 200 cm³/mol. The summed E-state index contributed by atoms with van der Waals surface area (Å²) in [6, 6.07) is 12.6. The Balaban J connectivity index is 1.10. The van der Waals surface area contributed by atoms with Crippen LogP contribution in [0.3, 0.4) is 0 Å². The zero-order valence-corrected chi connectivity index (χ0v) is 32.3. The zero-order valence-electron chi connectivity index (χ0n) is 31.6. The van der Waals surface area contributed by atoms with Gasteiger partial charge in [-0.2, -0.15) is 0 Å². The number of carbonyl (C=O) groups is 2. The fourth-order valence-electron chi connectivity index (χ4n) is 10.1. The topological polar surface area (TPSA) is 130 Å². The molecule has 0 amide bonds. The second-order valence-corrected chi connectivity index (χ2v) is 16.5. The Morgan fingerprint density at radius 3 is 2.53 bits per heavy atom. The fourth-order valence-corrected chi connectivity index (χ4v) is 10.4. The SMILES string of the molecule is COc1ccccc1C1CCN(CC(C)[C@@H]2CC[C@@H](C)[C@@]3(O)[C@@H]2C=C(C)[C@@H](OC(C)=O)[C@@H]3OC(=O)[C@@H]2C[C@@]3(O)c4cccc(Cl)c4N(C)O[C@H]3N2)CC1. The summed E-state index contributed by atoms with van der Waals surface area (Å²) in [5.74, 6) is -0.0144. The maximum atomic E-state index is 14.2. The quantitative estimate of drug-likeness (QED) is 0.240. The molecule has 2 aromatic rings. The third-order valence-electron chi connectivity index (χ3n) is 12.9. The molecule has 0 radical (unpaired) electrons. The highest BCUT2D eigenvalue weighted by Gasteiger charge is 2.62. The fraction of sp³-hybridized carbons (Fsp3) is 0.610. The molecule has 10 atom stereocenters. The molecule has 2 aliphatic carbocycles. The van der Waals surface area contributed by atoms with Crippen LogP contribution in [0.2, 0.25) is 5.02 Å². The van der Waals surface area contributed by atoms with Gasteiger partial charge in [-0.3, -0.25) is 24.8 Å². The largest absolute Gasteiger partial charge is 0.496 e. The smallest absolute Gasteiger partial charge is 0.323 e.